The van der Waals surface area contributed by atoms with Gasteiger partial charge in [0.2, 0.25) is 0 Å². The maximum Gasteiger partial charge on any atom is 0.193 e. The van der Waals surface area contributed by atoms with Crippen molar-refractivity contribution in [1.29, 1.82) is 0 Å². The third-order valence-corrected chi connectivity index (χ3v) is 4.86. The van der Waals surface area contributed by atoms with Gasteiger partial charge in [-0.3, -0.25) is 4.99 Å². The van der Waals surface area contributed by atoms with E-state index in [-0.39, 0.29) is 5.92 Å². The molecule has 0 spiro atoms. The Balaban J connectivity index is 1.86. The average Bonchev–Trinajstić information content (AvgIpc) is 3.09. The number of thiophene rings is 1. The van der Waals surface area contributed by atoms with Gasteiger partial charge in [0.25, 0.3) is 0 Å². The molecule has 1 unspecified atom stereocenters. The average molecular weight is 351 g/mol. The van der Waals surface area contributed by atoms with E-state index < -0.39 is 11.6 Å². The van der Waals surface area contributed by atoms with Gasteiger partial charge in [-0.2, -0.15) is 0 Å². The van der Waals surface area contributed by atoms with Crippen LogP contribution < -0.4 is 5.32 Å². The highest BCUT2D eigenvalue weighted by Gasteiger charge is 2.12. The van der Waals surface area contributed by atoms with Crippen molar-refractivity contribution < 1.29 is 8.78 Å². The Bertz CT molecular complexity index is 671. The van der Waals surface area contributed by atoms with Crippen LogP contribution in [-0.2, 0) is 6.42 Å². The SMILES string of the molecule is CN=C(NCC(C)c1ccc(F)c(F)c1)N(C)CCc1cccs1. The minimum atomic E-state index is -0.817. The van der Waals surface area contributed by atoms with E-state index in [9.17, 15) is 8.78 Å². The van der Waals surface area contributed by atoms with Crippen molar-refractivity contribution in [1.82, 2.24) is 10.2 Å². The zero-order chi connectivity index (χ0) is 17.5. The standard InChI is InChI=1S/C18H23F2N3S/c1-13(14-6-7-16(19)17(20)11-14)12-22-18(21-2)23(3)9-8-15-5-4-10-24-15/h4-7,10-11,13H,8-9,12H2,1-3H3,(H,21,22). The molecule has 0 amide bonds. The summed E-state index contributed by atoms with van der Waals surface area (Å²) in [6, 6.07) is 8.22. The number of benzene rings is 1. The molecule has 0 saturated carbocycles. The molecule has 130 valence electrons. The molecule has 0 saturated heterocycles. The molecule has 0 aliphatic rings. The summed E-state index contributed by atoms with van der Waals surface area (Å²) in [5, 5.41) is 5.37. The number of hydrogen-bond acceptors (Lipinski definition) is 2. The molecule has 0 radical (unpaired) electrons. The van der Waals surface area contributed by atoms with Gasteiger partial charge in [-0.05, 0) is 41.5 Å². The molecule has 1 atom stereocenters. The largest absolute Gasteiger partial charge is 0.356 e. The predicted octanol–water partition coefficient (Wildman–Crippen LogP) is 3.88. The first kappa shape index (κ1) is 18.4. The lowest BCUT2D eigenvalue weighted by atomic mass is 10.0. The van der Waals surface area contributed by atoms with E-state index in [1.807, 2.05) is 14.0 Å². The minimum absolute atomic E-state index is 0.0440. The van der Waals surface area contributed by atoms with Crippen molar-refractivity contribution in [3.05, 3.63) is 57.8 Å². The van der Waals surface area contributed by atoms with E-state index in [0.29, 0.717) is 6.54 Å². The molecule has 1 aromatic heterocycles. The quantitative estimate of drug-likeness (QED) is 0.632. The maximum absolute atomic E-state index is 13.3. The summed E-state index contributed by atoms with van der Waals surface area (Å²) in [4.78, 5) is 7.69. The summed E-state index contributed by atoms with van der Waals surface area (Å²) in [5.74, 6) is -0.789. The van der Waals surface area contributed by atoms with Crippen molar-refractivity contribution >= 4 is 17.3 Å². The fourth-order valence-electron chi connectivity index (χ4n) is 2.40. The van der Waals surface area contributed by atoms with Gasteiger partial charge in [0.15, 0.2) is 17.6 Å². The molecule has 24 heavy (non-hydrogen) atoms. The van der Waals surface area contributed by atoms with Crippen LogP contribution in [0, 0.1) is 11.6 Å². The third-order valence-electron chi connectivity index (χ3n) is 3.93. The smallest absolute Gasteiger partial charge is 0.193 e. The Morgan fingerprint density at radius 1 is 1.29 bits per heavy atom. The van der Waals surface area contributed by atoms with Gasteiger partial charge in [0.1, 0.15) is 0 Å². The summed E-state index contributed by atoms with van der Waals surface area (Å²) in [6.07, 6.45) is 0.966. The molecule has 0 bridgehead atoms. The second-order valence-electron chi connectivity index (χ2n) is 5.75. The first-order chi connectivity index (χ1) is 11.5. The lowest BCUT2D eigenvalue weighted by Crippen LogP contribution is -2.41. The molecular formula is C18H23F2N3S. The molecule has 3 nitrogen and oxygen atoms in total. The van der Waals surface area contributed by atoms with Crippen molar-refractivity contribution in [2.75, 3.05) is 27.2 Å². The Morgan fingerprint density at radius 2 is 2.08 bits per heavy atom. The molecule has 0 fully saturated rings. The van der Waals surface area contributed by atoms with Gasteiger partial charge < -0.3 is 10.2 Å². The third kappa shape index (κ3) is 5.03. The highest BCUT2D eigenvalue weighted by molar-refractivity contribution is 7.09. The van der Waals surface area contributed by atoms with Gasteiger partial charge in [0, 0.05) is 32.1 Å². The normalized spacial score (nSPS) is 13.0. The number of hydrogen-bond donors (Lipinski definition) is 1. The maximum atomic E-state index is 13.3. The second kappa shape index (κ2) is 8.78. The molecule has 0 aliphatic carbocycles. The van der Waals surface area contributed by atoms with Gasteiger partial charge in [0.05, 0.1) is 0 Å². The summed E-state index contributed by atoms with van der Waals surface area (Å²) in [7, 11) is 3.73. The molecule has 6 heteroatoms. The number of nitrogens with one attached hydrogen (secondary N) is 1. The Labute approximate surface area is 146 Å². The molecule has 0 aliphatic heterocycles. The molecule has 1 N–H and O–H groups in total. The number of guanidine groups is 1. The van der Waals surface area contributed by atoms with Gasteiger partial charge in [-0.15, -0.1) is 11.3 Å². The van der Waals surface area contributed by atoms with E-state index in [4.69, 9.17) is 0 Å². The van der Waals surface area contributed by atoms with Crippen LogP contribution in [0.1, 0.15) is 23.3 Å². The van der Waals surface area contributed by atoms with Crippen molar-refractivity contribution in [2.24, 2.45) is 4.99 Å². The van der Waals surface area contributed by atoms with E-state index in [0.717, 1.165) is 24.5 Å². The highest BCUT2D eigenvalue weighted by Crippen LogP contribution is 2.17. The first-order valence-electron chi connectivity index (χ1n) is 7.90. The fraction of sp³-hybridized carbons (Fsp3) is 0.389. The molecule has 1 aromatic carbocycles. The predicted molar refractivity (Wildman–Crippen MR) is 96.8 cm³/mol. The number of rotatable bonds is 6. The Hall–Kier alpha value is -1.95. The van der Waals surface area contributed by atoms with Crippen molar-refractivity contribution in [3.8, 4) is 0 Å². The Kier molecular flexibility index (Phi) is 6.73. The highest BCUT2D eigenvalue weighted by atomic mass is 32.1. The van der Waals surface area contributed by atoms with Gasteiger partial charge in [-0.25, -0.2) is 8.78 Å². The summed E-state index contributed by atoms with van der Waals surface area (Å²) < 4.78 is 26.4. The monoisotopic (exact) mass is 351 g/mol. The summed E-state index contributed by atoms with van der Waals surface area (Å²) in [5.41, 5.74) is 0.762. The van der Waals surface area contributed by atoms with Crippen molar-refractivity contribution in [2.45, 2.75) is 19.3 Å². The van der Waals surface area contributed by atoms with E-state index in [1.165, 1.54) is 17.0 Å². The van der Waals surface area contributed by atoms with Crippen LogP contribution in [0.5, 0.6) is 0 Å². The number of nitrogens with zero attached hydrogens (tertiary/aromatic N) is 2. The number of likely N-dealkylation sites (N-methyl/N-ethyl adjacent to an activating group) is 1. The van der Waals surface area contributed by atoms with Crippen molar-refractivity contribution in [3.63, 3.8) is 0 Å². The van der Waals surface area contributed by atoms with Crippen LogP contribution >= 0.6 is 11.3 Å². The lowest BCUT2D eigenvalue weighted by molar-refractivity contribution is 0.482. The molecule has 1 heterocycles. The van der Waals surface area contributed by atoms with E-state index in [2.05, 4.69) is 32.7 Å². The molecule has 2 rings (SSSR count). The van der Waals surface area contributed by atoms with Crippen LogP contribution in [0.2, 0.25) is 0 Å². The van der Waals surface area contributed by atoms with E-state index >= 15 is 0 Å². The summed E-state index contributed by atoms with van der Waals surface area (Å²) in [6.45, 7) is 3.43. The first-order valence-corrected chi connectivity index (χ1v) is 8.78. The summed E-state index contributed by atoms with van der Waals surface area (Å²) >= 11 is 1.75. The van der Waals surface area contributed by atoms with Crippen LogP contribution in [-0.4, -0.2) is 38.0 Å². The van der Waals surface area contributed by atoms with Crippen LogP contribution in [0.15, 0.2) is 40.7 Å². The van der Waals surface area contributed by atoms with E-state index in [1.54, 1.807) is 24.5 Å². The van der Waals surface area contributed by atoms with Crippen LogP contribution in [0.3, 0.4) is 0 Å². The second-order valence-corrected chi connectivity index (χ2v) is 6.79. The fourth-order valence-corrected chi connectivity index (χ4v) is 3.10. The lowest BCUT2D eigenvalue weighted by Gasteiger charge is -2.23. The Morgan fingerprint density at radius 3 is 2.71 bits per heavy atom. The minimum Gasteiger partial charge on any atom is -0.356 e. The van der Waals surface area contributed by atoms with Crippen LogP contribution in [0.4, 0.5) is 8.78 Å². The number of halogens is 2. The molecular weight excluding hydrogens is 328 g/mol. The molecule has 2 aromatic rings. The number of aliphatic imine (C=N–C) groups is 1. The van der Waals surface area contributed by atoms with Gasteiger partial charge >= 0.3 is 0 Å². The van der Waals surface area contributed by atoms with Gasteiger partial charge in [-0.1, -0.05) is 19.1 Å². The zero-order valence-corrected chi connectivity index (χ0v) is 15.0. The van der Waals surface area contributed by atoms with Crippen LogP contribution in [0.25, 0.3) is 0 Å². The topological polar surface area (TPSA) is 27.6 Å². The zero-order valence-electron chi connectivity index (χ0n) is 14.2.